The van der Waals surface area contributed by atoms with E-state index in [9.17, 15) is 26.4 Å². The van der Waals surface area contributed by atoms with E-state index in [1.165, 1.54) is 12.1 Å². The van der Waals surface area contributed by atoms with E-state index >= 15 is 0 Å². The molecule has 0 radical (unpaired) electrons. The standard InChI is InChI=1S/C24H23F3N2O3S/c1-3-18-6-4-5-7-22(18)29(33(31,32)21-14-8-17(2)9-15-21)16-23(30)28-20-12-10-19(11-13-20)24(25,26)27/h4-15H,3,16H2,1-2H3,(H,28,30). The minimum atomic E-state index is -4.49. The van der Waals surface area contributed by atoms with Crippen LogP contribution in [-0.2, 0) is 27.4 Å². The Labute approximate surface area is 190 Å². The van der Waals surface area contributed by atoms with Crippen LogP contribution in [-0.4, -0.2) is 20.9 Å². The molecule has 0 heterocycles. The number of amides is 1. The maximum atomic E-state index is 13.5. The third kappa shape index (κ3) is 5.73. The molecule has 0 bridgehead atoms. The summed E-state index contributed by atoms with van der Waals surface area (Å²) in [6, 6.07) is 17.1. The molecule has 1 amide bonds. The Morgan fingerprint density at radius 2 is 1.55 bits per heavy atom. The topological polar surface area (TPSA) is 66.5 Å². The van der Waals surface area contributed by atoms with Gasteiger partial charge in [-0.2, -0.15) is 13.2 Å². The van der Waals surface area contributed by atoms with Crippen LogP contribution in [0.2, 0.25) is 0 Å². The van der Waals surface area contributed by atoms with Crippen LogP contribution in [0, 0.1) is 6.92 Å². The first-order chi connectivity index (χ1) is 15.5. The number of benzene rings is 3. The first-order valence-corrected chi connectivity index (χ1v) is 11.6. The number of nitrogens with zero attached hydrogens (tertiary/aromatic N) is 1. The molecule has 3 rings (SSSR count). The van der Waals surface area contributed by atoms with Gasteiger partial charge in [0.15, 0.2) is 0 Å². The van der Waals surface area contributed by atoms with Gasteiger partial charge in [0, 0.05) is 5.69 Å². The van der Waals surface area contributed by atoms with Crippen molar-refractivity contribution >= 4 is 27.3 Å². The third-order valence-electron chi connectivity index (χ3n) is 5.03. The predicted octanol–water partition coefficient (Wildman–Crippen LogP) is 5.41. The number of hydrogen-bond acceptors (Lipinski definition) is 3. The van der Waals surface area contributed by atoms with Crippen molar-refractivity contribution in [2.75, 3.05) is 16.2 Å². The lowest BCUT2D eigenvalue weighted by Crippen LogP contribution is -2.38. The minimum absolute atomic E-state index is 0.0290. The fourth-order valence-electron chi connectivity index (χ4n) is 3.26. The zero-order valence-electron chi connectivity index (χ0n) is 18.1. The van der Waals surface area contributed by atoms with Crippen molar-refractivity contribution in [3.63, 3.8) is 0 Å². The molecule has 33 heavy (non-hydrogen) atoms. The average molecular weight is 477 g/mol. The number of sulfonamides is 1. The summed E-state index contributed by atoms with van der Waals surface area (Å²) in [7, 11) is -4.09. The predicted molar refractivity (Wildman–Crippen MR) is 122 cm³/mol. The van der Waals surface area contributed by atoms with Crippen LogP contribution in [0.25, 0.3) is 0 Å². The van der Waals surface area contributed by atoms with Gasteiger partial charge in [-0.1, -0.05) is 42.8 Å². The number of nitrogens with one attached hydrogen (secondary N) is 1. The van der Waals surface area contributed by atoms with Gasteiger partial charge in [-0.25, -0.2) is 8.42 Å². The molecule has 0 saturated heterocycles. The highest BCUT2D eigenvalue weighted by molar-refractivity contribution is 7.92. The molecule has 0 saturated carbocycles. The molecule has 0 atom stereocenters. The number of alkyl halides is 3. The van der Waals surface area contributed by atoms with Crippen molar-refractivity contribution in [3.05, 3.63) is 89.5 Å². The highest BCUT2D eigenvalue weighted by Crippen LogP contribution is 2.30. The number of aryl methyl sites for hydroxylation is 2. The summed E-state index contributed by atoms with van der Waals surface area (Å²) in [6.45, 7) is 3.16. The van der Waals surface area contributed by atoms with Crippen molar-refractivity contribution in [2.24, 2.45) is 0 Å². The quantitative estimate of drug-likeness (QED) is 0.496. The lowest BCUT2D eigenvalue weighted by atomic mass is 10.1. The smallest absolute Gasteiger partial charge is 0.325 e. The highest BCUT2D eigenvalue weighted by Gasteiger charge is 2.31. The lowest BCUT2D eigenvalue weighted by molar-refractivity contribution is -0.137. The van der Waals surface area contributed by atoms with Crippen molar-refractivity contribution in [2.45, 2.75) is 31.3 Å². The van der Waals surface area contributed by atoms with Crippen LogP contribution < -0.4 is 9.62 Å². The second-order valence-electron chi connectivity index (χ2n) is 7.43. The van der Waals surface area contributed by atoms with E-state index in [0.717, 1.165) is 39.7 Å². The molecule has 0 spiro atoms. The zero-order valence-corrected chi connectivity index (χ0v) is 18.9. The summed E-state index contributed by atoms with van der Waals surface area (Å²) in [5.41, 5.74) is 1.26. The van der Waals surface area contributed by atoms with Gasteiger partial charge < -0.3 is 5.32 Å². The molecular weight excluding hydrogens is 453 g/mol. The molecule has 9 heteroatoms. The maximum absolute atomic E-state index is 13.5. The Hall–Kier alpha value is -3.33. The number of carbonyl (C=O) groups is 1. The van der Waals surface area contributed by atoms with Crippen LogP contribution in [0.3, 0.4) is 0 Å². The number of hydrogen-bond donors (Lipinski definition) is 1. The molecule has 0 fully saturated rings. The van der Waals surface area contributed by atoms with Crippen molar-refractivity contribution in [3.8, 4) is 0 Å². The molecule has 3 aromatic carbocycles. The Bertz CT molecular complexity index is 1220. The largest absolute Gasteiger partial charge is 0.416 e. The second kappa shape index (κ2) is 9.66. The summed E-state index contributed by atoms with van der Waals surface area (Å²) in [5, 5.41) is 2.48. The van der Waals surface area contributed by atoms with Gasteiger partial charge in [-0.05, 0) is 61.4 Å². The van der Waals surface area contributed by atoms with Gasteiger partial charge in [-0.15, -0.1) is 0 Å². The van der Waals surface area contributed by atoms with E-state index in [4.69, 9.17) is 0 Å². The van der Waals surface area contributed by atoms with E-state index in [-0.39, 0.29) is 10.6 Å². The van der Waals surface area contributed by atoms with E-state index in [1.807, 2.05) is 13.8 Å². The van der Waals surface area contributed by atoms with E-state index in [0.29, 0.717) is 12.1 Å². The van der Waals surface area contributed by atoms with E-state index < -0.39 is 34.2 Å². The Kier molecular flexibility index (Phi) is 7.12. The first kappa shape index (κ1) is 24.3. The molecule has 5 nitrogen and oxygen atoms in total. The highest BCUT2D eigenvalue weighted by atomic mass is 32.2. The molecule has 3 aromatic rings. The van der Waals surface area contributed by atoms with Crippen LogP contribution in [0.5, 0.6) is 0 Å². The van der Waals surface area contributed by atoms with Crippen LogP contribution in [0.15, 0.2) is 77.7 Å². The Morgan fingerprint density at radius 3 is 2.12 bits per heavy atom. The molecule has 0 aliphatic rings. The van der Waals surface area contributed by atoms with Gasteiger partial charge in [0.2, 0.25) is 5.91 Å². The summed E-state index contributed by atoms with van der Waals surface area (Å²) < 4.78 is 66.3. The molecule has 1 N–H and O–H groups in total. The van der Waals surface area contributed by atoms with Crippen molar-refractivity contribution in [1.82, 2.24) is 0 Å². The molecule has 174 valence electrons. The summed E-state index contributed by atoms with van der Waals surface area (Å²) in [5.74, 6) is -0.684. The first-order valence-electron chi connectivity index (χ1n) is 10.2. The van der Waals surface area contributed by atoms with Crippen LogP contribution >= 0.6 is 0 Å². The summed E-state index contributed by atoms with van der Waals surface area (Å²) >= 11 is 0. The number of halogens is 3. The number of rotatable bonds is 7. The fourth-order valence-corrected chi connectivity index (χ4v) is 4.72. The summed E-state index contributed by atoms with van der Waals surface area (Å²) in [4.78, 5) is 12.8. The Balaban J connectivity index is 1.93. The average Bonchev–Trinajstić information content (AvgIpc) is 2.77. The van der Waals surface area contributed by atoms with Gasteiger partial charge in [0.25, 0.3) is 10.0 Å². The van der Waals surface area contributed by atoms with Crippen molar-refractivity contribution < 1.29 is 26.4 Å². The SMILES string of the molecule is CCc1ccccc1N(CC(=O)Nc1ccc(C(F)(F)F)cc1)S(=O)(=O)c1ccc(C)cc1. The van der Waals surface area contributed by atoms with Gasteiger partial charge >= 0.3 is 6.18 Å². The van der Waals surface area contributed by atoms with Crippen LogP contribution in [0.1, 0.15) is 23.6 Å². The number of carbonyl (C=O) groups excluding carboxylic acids is 1. The minimum Gasteiger partial charge on any atom is -0.325 e. The molecule has 0 aliphatic carbocycles. The monoisotopic (exact) mass is 476 g/mol. The number of anilines is 2. The fraction of sp³-hybridized carbons (Fsp3) is 0.208. The molecular formula is C24H23F3N2O3S. The zero-order chi connectivity index (χ0) is 24.2. The van der Waals surface area contributed by atoms with E-state index in [2.05, 4.69) is 5.32 Å². The van der Waals surface area contributed by atoms with Crippen LogP contribution in [0.4, 0.5) is 24.5 Å². The second-order valence-corrected chi connectivity index (χ2v) is 9.29. The summed E-state index contributed by atoms with van der Waals surface area (Å²) in [6.07, 6.45) is -3.96. The lowest BCUT2D eigenvalue weighted by Gasteiger charge is -2.26. The molecule has 0 aromatic heterocycles. The van der Waals surface area contributed by atoms with Gasteiger partial charge in [-0.3, -0.25) is 9.10 Å². The number of para-hydroxylation sites is 1. The van der Waals surface area contributed by atoms with Gasteiger partial charge in [0.05, 0.1) is 16.1 Å². The Morgan fingerprint density at radius 1 is 0.939 bits per heavy atom. The third-order valence-corrected chi connectivity index (χ3v) is 6.81. The molecule has 0 aliphatic heterocycles. The normalized spacial score (nSPS) is 11.8. The molecule has 0 unspecified atom stereocenters. The van der Waals surface area contributed by atoms with E-state index in [1.54, 1.807) is 36.4 Å². The van der Waals surface area contributed by atoms with Crippen molar-refractivity contribution in [1.29, 1.82) is 0 Å². The maximum Gasteiger partial charge on any atom is 0.416 e. The van der Waals surface area contributed by atoms with Gasteiger partial charge in [0.1, 0.15) is 6.54 Å².